The third kappa shape index (κ3) is 3.06. The number of nitrogens with zero attached hydrogens (tertiary/aromatic N) is 4. The lowest BCUT2D eigenvalue weighted by atomic mass is 10.2. The summed E-state index contributed by atoms with van der Waals surface area (Å²) in [6, 6.07) is 12.0. The Kier molecular flexibility index (Phi) is 4.37. The summed E-state index contributed by atoms with van der Waals surface area (Å²) in [4.78, 5) is 18.0. The number of pyridine rings is 1. The van der Waals surface area contributed by atoms with Crippen LogP contribution in [0.4, 0.5) is 5.13 Å². The van der Waals surface area contributed by atoms with Crippen LogP contribution < -0.4 is 5.32 Å². The Hall–Kier alpha value is -2.45. The van der Waals surface area contributed by atoms with E-state index in [-0.39, 0.29) is 11.2 Å². The number of hydrogen-bond acceptors (Lipinski definition) is 6. The van der Waals surface area contributed by atoms with Crippen LogP contribution in [0.1, 0.15) is 17.5 Å². The number of amides is 1. The monoisotopic (exact) mass is 383 g/mol. The maximum atomic E-state index is 12.5. The molecule has 1 atom stereocenters. The third-order valence-corrected chi connectivity index (χ3v) is 6.19. The minimum atomic E-state index is -0.328. The highest BCUT2D eigenvalue weighted by molar-refractivity contribution is 8.00. The average Bonchev–Trinajstić information content (AvgIpc) is 3.18. The van der Waals surface area contributed by atoms with E-state index in [0.29, 0.717) is 10.3 Å². The molecule has 4 rings (SSSR count). The first kappa shape index (κ1) is 17.0. The molecule has 1 amide bonds. The number of aryl methyl sites for hydroxylation is 2. The lowest BCUT2D eigenvalue weighted by molar-refractivity contribution is -0.115. The highest BCUT2D eigenvalue weighted by Gasteiger charge is 2.20. The van der Waals surface area contributed by atoms with Crippen molar-refractivity contribution in [2.45, 2.75) is 31.2 Å². The number of fused-ring (bicyclic) bond motifs is 3. The van der Waals surface area contributed by atoms with Gasteiger partial charge in [0.1, 0.15) is 0 Å². The van der Waals surface area contributed by atoms with Gasteiger partial charge in [0.05, 0.1) is 16.5 Å². The molecule has 0 aliphatic rings. The van der Waals surface area contributed by atoms with Crippen molar-refractivity contribution >= 4 is 50.7 Å². The van der Waals surface area contributed by atoms with Gasteiger partial charge in [-0.15, -0.1) is 21.5 Å². The van der Waals surface area contributed by atoms with Gasteiger partial charge in [0.2, 0.25) is 5.91 Å². The minimum Gasteiger partial charge on any atom is -0.301 e. The SMILES string of the molecule is Cc1nc(NC(=O)C(C)Sc2nnc3ccc4ccccc4n23)sc1C. The molecule has 0 saturated heterocycles. The average molecular weight is 384 g/mol. The minimum absolute atomic E-state index is 0.0965. The van der Waals surface area contributed by atoms with Gasteiger partial charge in [0, 0.05) is 4.88 Å². The van der Waals surface area contributed by atoms with E-state index >= 15 is 0 Å². The fraction of sp³-hybridized carbons (Fsp3) is 0.222. The normalized spacial score (nSPS) is 12.6. The summed E-state index contributed by atoms with van der Waals surface area (Å²) < 4.78 is 1.99. The molecule has 1 unspecified atom stereocenters. The van der Waals surface area contributed by atoms with E-state index in [2.05, 4.69) is 20.5 Å². The Balaban J connectivity index is 1.60. The summed E-state index contributed by atoms with van der Waals surface area (Å²) >= 11 is 2.87. The summed E-state index contributed by atoms with van der Waals surface area (Å²) in [5.74, 6) is -0.0965. The van der Waals surface area contributed by atoms with Crippen LogP contribution >= 0.6 is 23.1 Å². The summed E-state index contributed by atoms with van der Waals surface area (Å²) in [5.41, 5.74) is 2.74. The van der Waals surface area contributed by atoms with Crippen molar-refractivity contribution in [2.24, 2.45) is 0 Å². The number of para-hydroxylation sites is 1. The lowest BCUT2D eigenvalue weighted by Gasteiger charge is -2.10. The van der Waals surface area contributed by atoms with Gasteiger partial charge in [-0.25, -0.2) is 4.98 Å². The van der Waals surface area contributed by atoms with Crippen LogP contribution in [0.3, 0.4) is 0 Å². The summed E-state index contributed by atoms with van der Waals surface area (Å²) in [6.45, 7) is 5.79. The second-order valence-corrected chi connectivity index (χ2v) is 8.49. The molecule has 1 aromatic carbocycles. The molecule has 4 aromatic rings. The number of carbonyl (C=O) groups excluding carboxylic acids is 1. The van der Waals surface area contributed by atoms with Crippen LogP contribution in [-0.2, 0) is 4.79 Å². The number of rotatable bonds is 4. The van der Waals surface area contributed by atoms with Crippen LogP contribution in [0.5, 0.6) is 0 Å². The number of nitrogens with one attached hydrogen (secondary N) is 1. The predicted molar refractivity (Wildman–Crippen MR) is 106 cm³/mol. The number of carbonyl (C=O) groups is 1. The van der Waals surface area contributed by atoms with Gasteiger partial charge in [-0.1, -0.05) is 30.0 Å². The molecule has 26 heavy (non-hydrogen) atoms. The quantitative estimate of drug-likeness (QED) is 0.538. The van der Waals surface area contributed by atoms with Crippen molar-refractivity contribution in [3.8, 4) is 0 Å². The number of thiazole rings is 1. The molecular weight excluding hydrogens is 366 g/mol. The Morgan fingerprint density at radius 3 is 2.77 bits per heavy atom. The number of aromatic nitrogens is 4. The summed E-state index contributed by atoms with van der Waals surface area (Å²) in [7, 11) is 0. The third-order valence-electron chi connectivity index (χ3n) is 4.16. The Labute approximate surface area is 158 Å². The highest BCUT2D eigenvalue weighted by Crippen LogP contribution is 2.27. The molecule has 0 fully saturated rings. The Morgan fingerprint density at radius 1 is 1.19 bits per heavy atom. The molecular formula is C18H17N5OS2. The molecule has 8 heteroatoms. The van der Waals surface area contributed by atoms with Gasteiger partial charge in [-0.3, -0.25) is 9.20 Å². The first-order chi connectivity index (χ1) is 12.5. The van der Waals surface area contributed by atoms with E-state index in [1.54, 1.807) is 0 Å². The molecule has 132 valence electrons. The van der Waals surface area contributed by atoms with Crippen molar-refractivity contribution in [3.63, 3.8) is 0 Å². The second-order valence-electron chi connectivity index (χ2n) is 5.98. The van der Waals surface area contributed by atoms with Crippen molar-refractivity contribution < 1.29 is 4.79 Å². The zero-order valence-electron chi connectivity index (χ0n) is 14.6. The standard InChI is InChI=1S/C18H17N5OS2/c1-10-11(2)25-17(19-10)20-16(24)12(3)26-18-22-21-15-9-8-13-6-4-5-7-14(13)23(15)18/h4-9,12H,1-3H3,(H,19,20,24). The van der Waals surface area contributed by atoms with E-state index in [0.717, 1.165) is 27.1 Å². The van der Waals surface area contributed by atoms with Crippen LogP contribution in [0.2, 0.25) is 0 Å². The molecule has 0 bridgehead atoms. The molecule has 1 N–H and O–H groups in total. The van der Waals surface area contributed by atoms with Crippen molar-refractivity contribution in [1.29, 1.82) is 0 Å². The van der Waals surface area contributed by atoms with E-state index in [1.165, 1.54) is 23.1 Å². The summed E-state index contributed by atoms with van der Waals surface area (Å²) in [6.07, 6.45) is 0. The van der Waals surface area contributed by atoms with E-state index in [4.69, 9.17) is 0 Å². The van der Waals surface area contributed by atoms with E-state index in [9.17, 15) is 4.79 Å². The first-order valence-corrected chi connectivity index (χ1v) is 9.87. The van der Waals surface area contributed by atoms with Crippen LogP contribution in [0.15, 0.2) is 41.6 Å². The van der Waals surface area contributed by atoms with Gasteiger partial charge >= 0.3 is 0 Å². The van der Waals surface area contributed by atoms with Crippen molar-refractivity contribution in [3.05, 3.63) is 47.0 Å². The maximum Gasteiger partial charge on any atom is 0.239 e. The number of benzene rings is 1. The Morgan fingerprint density at radius 2 is 2.00 bits per heavy atom. The zero-order valence-corrected chi connectivity index (χ0v) is 16.2. The summed E-state index contributed by atoms with van der Waals surface area (Å²) in [5, 5.41) is 13.5. The fourth-order valence-electron chi connectivity index (χ4n) is 2.63. The van der Waals surface area contributed by atoms with Crippen LogP contribution in [-0.4, -0.2) is 30.7 Å². The maximum absolute atomic E-state index is 12.5. The molecule has 0 radical (unpaired) electrons. The Bertz CT molecular complexity index is 1100. The largest absolute Gasteiger partial charge is 0.301 e. The van der Waals surface area contributed by atoms with Gasteiger partial charge < -0.3 is 5.32 Å². The molecule has 0 aliphatic heterocycles. The molecule has 6 nitrogen and oxygen atoms in total. The topological polar surface area (TPSA) is 72.2 Å². The fourth-order valence-corrected chi connectivity index (χ4v) is 4.32. The van der Waals surface area contributed by atoms with Crippen LogP contribution in [0, 0.1) is 13.8 Å². The van der Waals surface area contributed by atoms with Gasteiger partial charge in [0.25, 0.3) is 0 Å². The number of hydrogen-bond donors (Lipinski definition) is 1. The number of anilines is 1. The van der Waals surface area contributed by atoms with E-state index < -0.39 is 0 Å². The van der Waals surface area contributed by atoms with E-state index in [1.807, 2.05) is 61.6 Å². The van der Waals surface area contributed by atoms with Crippen molar-refractivity contribution in [1.82, 2.24) is 19.6 Å². The molecule has 3 heterocycles. The molecule has 0 spiro atoms. The highest BCUT2D eigenvalue weighted by atomic mass is 32.2. The first-order valence-electron chi connectivity index (χ1n) is 8.17. The zero-order chi connectivity index (χ0) is 18.3. The predicted octanol–water partition coefficient (Wildman–Crippen LogP) is 4.08. The van der Waals surface area contributed by atoms with Crippen LogP contribution in [0.25, 0.3) is 16.6 Å². The van der Waals surface area contributed by atoms with Gasteiger partial charge in [-0.05, 0) is 44.4 Å². The number of thioether (sulfide) groups is 1. The molecule has 0 saturated carbocycles. The molecule has 0 aliphatic carbocycles. The second kappa shape index (κ2) is 6.69. The lowest BCUT2D eigenvalue weighted by Crippen LogP contribution is -2.22. The molecule has 3 aromatic heterocycles. The van der Waals surface area contributed by atoms with Gasteiger partial charge in [-0.2, -0.15) is 0 Å². The van der Waals surface area contributed by atoms with Crippen molar-refractivity contribution in [2.75, 3.05) is 5.32 Å². The van der Waals surface area contributed by atoms with Gasteiger partial charge in [0.15, 0.2) is 15.9 Å². The smallest absolute Gasteiger partial charge is 0.239 e.